The van der Waals surface area contributed by atoms with E-state index in [4.69, 9.17) is 14.2 Å². The highest BCUT2D eigenvalue weighted by Gasteiger charge is 2.19. The van der Waals surface area contributed by atoms with Crippen LogP contribution in [0.25, 0.3) is 0 Å². The van der Waals surface area contributed by atoms with E-state index in [1.165, 1.54) is 70.6 Å². The minimum Gasteiger partial charge on any atom is -0.462 e. The number of esters is 3. The summed E-state index contributed by atoms with van der Waals surface area (Å²) >= 11 is 0. The van der Waals surface area contributed by atoms with Crippen LogP contribution in [0.2, 0.25) is 0 Å². The number of carbonyl (C=O) groups excluding carboxylic acids is 3. The number of hydrogen-bond acceptors (Lipinski definition) is 6. The van der Waals surface area contributed by atoms with Gasteiger partial charge >= 0.3 is 17.9 Å². The summed E-state index contributed by atoms with van der Waals surface area (Å²) in [4.78, 5) is 37.8. The van der Waals surface area contributed by atoms with Gasteiger partial charge in [0.1, 0.15) is 13.2 Å². The molecule has 0 fully saturated rings. The Balaban J connectivity index is 4.58. The van der Waals surface area contributed by atoms with Crippen LogP contribution in [0.4, 0.5) is 0 Å². The van der Waals surface area contributed by atoms with E-state index in [9.17, 15) is 14.4 Å². The fourth-order valence-electron chi connectivity index (χ4n) is 6.18. The molecule has 0 N–H and O–H groups in total. The van der Waals surface area contributed by atoms with Gasteiger partial charge in [-0.05, 0) is 83.5 Å². The lowest BCUT2D eigenvalue weighted by molar-refractivity contribution is -0.166. The van der Waals surface area contributed by atoms with Gasteiger partial charge < -0.3 is 14.2 Å². The third kappa shape index (κ3) is 46.9. The first-order chi connectivity index (χ1) is 30.5. The van der Waals surface area contributed by atoms with Crippen molar-refractivity contribution in [2.75, 3.05) is 13.2 Å². The molecule has 0 rings (SSSR count). The molecule has 0 aliphatic heterocycles. The average molecular weight is 857 g/mol. The van der Waals surface area contributed by atoms with Gasteiger partial charge in [-0.2, -0.15) is 0 Å². The molecule has 0 bridgehead atoms. The zero-order valence-electron chi connectivity index (χ0n) is 39.6. The van der Waals surface area contributed by atoms with Crippen LogP contribution in [0.5, 0.6) is 0 Å². The van der Waals surface area contributed by atoms with Crippen molar-refractivity contribution in [3.05, 3.63) is 122 Å². The second-order valence-electron chi connectivity index (χ2n) is 15.8. The number of carbonyl (C=O) groups is 3. The van der Waals surface area contributed by atoms with E-state index in [0.29, 0.717) is 19.3 Å². The van der Waals surface area contributed by atoms with E-state index >= 15 is 0 Å². The number of allylic oxidation sites excluding steroid dienone is 20. The Bertz CT molecular complexity index is 1350. The molecule has 0 saturated carbocycles. The molecule has 1 atom stereocenters. The zero-order valence-corrected chi connectivity index (χ0v) is 39.6. The summed E-state index contributed by atoms with van der Waals surface area (Å²) in [6.45, 7) is 6.33. The quantitative estimate of drug-likeness (QED) is 0.0200. The molecule has 6 heteroatoms. The molecule has 0 aromatic heterocycles. The fraction of sp³-hybridized carbons (Fsp3) is 0.589. The number of unbranched alkanes of at least 4 members (excludes halogenated alkanes) is 17. The van der Waals surface area contributed by atoms with Gasteiger partial charge in [0.15, 0.2) is 6.10 Å². The van der Waals surface area contributed by atoms with E-state index in [-0.39, 0.29) is 38.0 Å². The normalized spacial score (nSPS) is 13.1. The first-order valence-electron chi connectivity index (χ1n) is 24.6. The summed E-state index contributed by atoms with van der Waals surface area (Å²) in [5.74, 6) is -1.06. The lowest BCUT2D eigenvalue weighted by Crippen LogP contribution is -2.30. The van der Waals surface area contributed by atoms with Crippen molar-refractivity contribution in [3.63, 3.8) is 0 Å². The average Bonchev–Trinajstić information content (AvgIpc) is 3.27. The van der Waals surface area contributed by atoms with Gasteiger partial charge in [-0.1, -0.05) is 213 Å². The van der Waals surface area contributed by atoms with Crippen molar-refractivity contribution < 1.29 is 28.6 Å². The molecule has 6 nitrogen and oxygen atoms in total. The summed E-state index contributed by atoms with van der Waals surface area (Å²) in [7, 11) is 0. The monoisotopic (exact) mass is 857 g/mol. The van der Waals surface area contributed by atoms with E-state index in [2.05, 4.69) is 63.3 Å². The van der Waals surface area contributed by atoms with Crippen molar-refractivity contribution in [2.24, 2.45) is 0 Å². The lowest BCUT2D eigenvalue weighted by Gasteiger charge is -2.18. The number of rotatable bonds is 42. The maximum Gasteiger partial charge on any atom is 0.306 e. The van der Waals surface area contributed by atoms with Crippen LogP contribution in [-0.4, -0.2) is 37.2 Å². The van der Waals surface area contributed by atoms with E-state index in [1.54, 1.807) is 0 Å². The van der Waals surface area contributed by atoms with Crippen molar-refractivity contribution in [3.8, 4) is 0 Å². The van der Waals surface area contributed by atoms with Gasteiger partial charge in [0.05, 0.1) is 0 Å². The van der Waals surface area contributed by atoms with Crippen LogP contribution < -0.4 is 0 Å². The standard InChI is InChI=1S/C56H88O6/c1-4-7-10-13-16-19-22-25-26-27-28-29-30-32-34-37-40-43-46-49-55(58)61-52-53(51-60-54(57)48-45-42-39-36-33-24-21-18-15-12-9-6-3)62-56(59)50-47-44-41-38-35-31-23-20-17-14-11-8-5-2/h7,10,13,16,18-19,21-22,25-32,34-35,41,44,53H,4-6,8-9,11-12,14-15,17,20,23-24,33,36-40,42-43,45-52H2,1-3H3/b10-7-,16-13-,21-18-,22-19-,26-25-,28-27+,30-29-,34-32-,35-31-,44-41-. The molecule has 0 radical (unpaired) electrons. The molecule has 1 unspecified atom stereocenters. The summed E-state index contributed by atoms with van der Waals surface area (Å²) in [6.07, 6.45) is 67.6. The molecular weight excluding hydrogens is 769 g/mol. The highest BCUT2D eigenvalue weighted by Crippen LogP contribution is 2.12. The van der Waals surface area contributed by atoms with E-state index in [1.807, 2.05) is 79.0 Å². The summed E-state index contributed by atoms with van der Waals surface area (Å²) in [5.41, 5.74) is 0. The van der Waals surface area contributed by atoms with Gasteiger partial charge in [-0.25, -0.2) is 0 Å². The number of ether oxygens (including phenoxy) is 3. The largest absolute Gasteiger partial charge is 0.462 e. The Kier molecular flexibility index (Phi) is 46.1. The van der Waals surface area contributed by atoms with Crippen molar-refractivity contribution in [2.45, 2.75) is 200 Å². The highest BCUT2D eigenvalue weighted by molar-refractivity contribution is 5.71. The molecule has 348 valence electrons. The Morgan fingerprint density at radius 3 is 1.24 bits per heavy atom. The first kappa shape index (κ1) is 57.8. The Morgan fingerprint density at radius 1 is 0.355 bits per heavy atom. The van der Waals surface area contributed by atoms with Crippen LogP contribution in [0, 0.1) is 0 Å². The Hall–Kier alpha value is -4.19. The smallest absolute Gasteiger partial charge is 0.306 e. The third-order valence-electron chi connectivity index (χ3n) is 9.88. The molecule has 0 aromatic carbocycles. The van der Waals surface area contributed by atoms with Crippen LogP contribution in [-0.2, 0) is 28.6 Å². The summed E-state index contributed by atoms with van der Waals surface area (Å²) in [6, 6.07) is 0. The maximum absolute atomic E-state index is 12.7. The maximum atomic E-state index is 12.7. The first-order valence-corrected chi connectivity index (χ1v) is 24.6. The van der Waals surface area contributed by atoms with Gasteiger partial charge in [-0.3, -0.25) is 14.4 Å². The molecular formula is C56H88O6. The Labute approximate surface area is 380 Å². The third-order valence-corrected chi connectivity index (χ3v) is 9.88. The molecule has 0 saturated heterocycles. The zero-order chi connectivity index (χ0) is 45.1. The number of hydrogen-bond donors (Lipinski definition) is 0. The topological polar surface area (TPSA) is 78.9 Å². The van der Waals surface area contributed by atoms with Crippen LogP contribution in [0.3, 0.4) is 0 Å². The van der Waals surface area contributed by atoms with Crippen LogP contribution in [0.1, 0.15) is 194 Å². The van der Waals surface area contributed by atoms with Crippen molar-refractivity contribution in [1.82, 2.24) is 0 Å². The van der Waals surface area contributed by atoms with Gasteiger partial charge in [-0.15, -0.1) is 0 Å². The second kappa shape index (κ2) is 49.5. The SMILES string of the molecule is CC\C=C/C=C\C=C/C=C\C=C\C=C/C=C\CCCCCC(=O)OCC(COC(=O)CCCCCCC/C=C\CCCCC)OC(=O)CC/C=C\C/C=C\CCCCCCCC. The lowest BCUT2D eigenvalue weighted by atomic mass is 10.1. The molecule has 0 amide bonds. The Morgan fingerprint density at radius 2 is 0.726 bits per heavy atom. The molecule has 0 aliphatic carbocycles. The van der Waals surface area contributed by atoms with Crippen LogP contribution >= 0.6 is 0 Å². The predicted octanol–water partition coefficient (Wildman–Crippen LogP) is 16.1. The minimum atomic E-state index is -0.833. The van der Waals surface area contributed by atoms with Crippen molar-refractivity contribution in [1.29, 1.82) is 0 Å². The van der Waals surface area contributed by atoms with Gasteiger partial charge in [0.25, 0.3) is 0 Å². The molecule has 0 spiro atoms. The molecule has 0 aromatic rings. The summed E-state index contributed by atoms with van der Waals surface area (Å²) < 4.78 is 16.6. The molecule has 62 heavy (non-hydrogen) atoms. The molecule has 0 heterocycles. The van der Waals surface area contributed by atoms with Gasteiger partial charge in [0, 0.05) is 19.3 Å². The summed E-state index contributed by atoms with van der Waals surface area (Å²) in [5, 5.41) is 0. The van der Waals surface area contributed by atoms with E-state index < -0.39 is 12.1 Å². The molecule has 0 aliphatic rings. The minimum absolute atomic E-state index is 0.123. The van der Waals surface area contributed by atoms with Crippen LogP contribution in [0.15, 0.2) is 122 Å². The predicted molar refractivity (Wildman–Crippen MR) is 265 cm³/mol. The van der Waals surface area contributed by atoms with Crippen molar-refractivity contribution >= 4 is 17.9 Å². The fourth-order valence-corrected chi connectivity index (χ4v) is 6.18. The van der Waals surface area contributed by atoms with E-state index in [0.717, 1.165) is 70.6 Å². The van der Waals surface area contributed by atoms with Gasteiger partial charge in [0.2, 0.25) is 0 Å². The highest BCUT2D eigenvalue weighted by atomic mass is 16.6. The second-order valence-corrected chi connectivity index (χ2v) is 15.8.